The molecule has 0 bridgehead atoms. The lowest BCUT2D eigenvalue weighted by Gasteiger charge is -2.03. The van der Waals surface area contributed by atoms with E-state index in [1.165, 1.54) is 20.1 Å². The highest BCUT2D eigenvalue weighted by atomic mass is 32.2. The van der Waals surface area contributed by atoms with Gasteiger partial charge in [0.2, 0.25) is 10.0 Å². The topological polar surface area (TPSA) is 110 Å². The predicted octanol–water partition coefficient (Wildman–Crippen LogP) is 0.596. The van der Waals surface area contributed by atoms with Crippen molar-refractivity contribution in [2.24, 2.45) is 0 Å². The Bertz CT molecular complexity index is 589. The lowest BCUT2D eigenvalue weighted by atomic mass is 10.3. The number of rotatable bonds is 6. The Labute approximate surface area is 114 Å². The van der Waals surface area contributed by atoms with Crippen LogP contribution in [0.4, 0.5) is 0 Å². The van der Waals surface area contributed by atoms with Crippen molar-refractivity contribution in [3.63, 3.8) is 0 Å². The number of aryl methyl sites for hydroxylation is 1. The van der Waals surface area contributed by atoms with E-state index in [9.17, 15) is 18.0 Å². The van der Waals surface area contributed by atoms with Crippen LogP contribution in [-0.2, 0) is 19.6 Å². The number of sulfonamides is 1. The molecule has 0 aromatic carbocycles. The Morgan fingerprint density at radius 2 is 2.11 bits per heavy atom. The summed E-state index contributed by atoms with van der Waals surface area (Å²) in [6.07, 6.45) is -0.0914. The first-order valence-electron chi connectivity index (χ1n) is 5.18. The number of nitrogens with one attached hydrogen (secondary N) is 1. The van der Waals surface area contributed by atoms with E-state index >= 15 is 0 Å². The monoisotopic (exact) mass is 307 g/mol. The Hall–Kier alpha value is -1.45. The van der Waals surface area contributed by atoms with E-state index < -0.39 is 22.0 Å². The summed E-state index contributed by atoms with van der Waals surface area (Å²) in [4.78, 5) is 21.7. The highest BCUT2D eigenvalue weighted by Crippen LogP contribution is 2.25. The Morgan fingerprint density at radius 1 is 1.47 bits per heavy atom. The molecule has 0 unspecified atom stereocenters. The van der Waals surface area contributed by atoms with E-state index in [2.05, 4.69) is 9.46 Å². The smallest absolute Gasteiger partial charge is 0.346 e. The second-order valence-corrected chi connectivity index (χ2v) is 6.65. The molecule has 1 heterocycles. The SMILES string of the molecule is COC(=O)CCNS(=O)(=O)c1cc(C)c(C(=O)O)s1. The lowest BCUT2D eigenvalue weighted by molar-refractivity contribution is -0.140. The van der Waals surface area contributed by atoms with Crippen molar-refractivity contribution in [3.8, 4) is 0 Å². The highest BCUT2D eigenvalue weighted by molar-refractivity contribution is 7.91. The summed E-state index contributed by atoms with van der Waals surface area (Å²) in [7, 11) is -2.60. The maximum absolute atomic E-state index is 11.8. The van der Waals surface area contributed by atoms with Crippen LogP contribution in [0, 0.1) is 6.92 Å². The van der Waals surface area contributed by atoms with Gasteiger partial charge in [-0.2, -0.15) is 0 Å². The van der Waals surface area contributed by atoms with Crippen LogP contribution < -0.4 is 4.72 Å². The minimum Gasteiger partial charge on any atom is -0.477 e. The Morgan fingerprint density at radius 3 is 2.58 bits per heavy atom. The van der Waals surface area contributed by atoms with Crippen molar-refractivity contribution in [1.82, 2.24) is 4.72 Å². The van der Waals surface area contributed by atoms with Crippen molar-refractivity contribution >= 4 is 33.3 Å². The van der Waals surface area contributed by atoms with E-state index in [0.717, 1.165) is 0 Å². The van der Waals surface area contributed by atoms with Crippen LogP contribution in [0.2, 0.25) is 0 Å². The molecule has 7 nitrogen and oxygen atoms in total. The molecular formula is C10H13NO6S2. The zero-order valence-electron chi connectivity index (χ0n) is 10.3. The van der Waals surface area contributed by atoms with Crippen LogP contribution in [0.5, 0.6) is 0 Å². The number of carboxylic acids is 1. The van der Waals surface area contributed by atoms with Gasteiger partial charge >= 0.3 is 11.9 Å². The van der Waals surface area contributed by atoms with Crippen molar-refractivity contribution < 1.29 is 27.9 Å². The summed E-state index contributed by atoms with van der Waals surface area (Å²) in [6, 6.07) is 1.29. The molecule has 19 heavy (non-hydrogen) atoms. The predicted molar refractivity (Wildman–Crippen MR) is 67.8 cm³/mol. The normalized spacial score (nSPS) is 11.3. The lowest BCUT2D eigenvalue weighted by Crippen LogP contribution is -2.25. The van der Waals surface area contributed by atoms with Crippen LogP contribution >= 0.6 is 11.3 Å². The van der Waals surface area contributed by atoms with E-state index in [-0.39, 0.29) is 22.1 Å². The van der Waals surface area contributed by atoms with Gasteiger partial charge in [-0.3, -0.25) is 4.79 Å². The molecule has 9 heteroatoms. The van der Waals surface area contributed by atoms with Gasteiger partial charge in [-0.05, 0) is 18.6 Å². The first-order chi connectivity index (χ1) is 8.77. The number of methoxy groups -OCH3 is 1. The van der Waals surface area contributed by atoms with Gasteiger partial charge in [0.05, 0.1) is 13.5 Å². The second kappa shape index (κ2) is 6.13. The summed E-state index contributed by atoms with van der Waals surface area (Å²) in [5, 5.41) is 8.86. The molecule has 0 aliphatic carbocycles. The van der Waals surface area contributed by atoms with Crippen molar-refractivity contribution in [1.29, 1.82) is 0 Å². The molecular weight excluding hydrogens is 294 g/mol. The standard InChI is InChI=1S/C10H13NO6S2/c1-6-5-8(18-9(6)10(13)14)19(15,16)11-4-3-7(12)17-2/h5,11H,3-4H2,1-2H3,(H,13,14). The maximum atomic E-state index is 11.8. The van der Waals surface area contributed by atoms with Crippen LogP contribution in [0.3, 0.4) is 0 Å². The number of carboxylic acid groups (broad SMARTS) is 1. The number of hydrogen-bond acceptors (Lipinski definition) is 6. The number of thiophene rings is 1. The van der Waals surface area contributed by atoms with Gasteiger partial charge in [-0.1, -0.05) is 0 Å². The molecule has 0 spiro atoms. The van der Waals surface area contributed by atoms with Gasteiger partial charge < -0.3 is 9.84 Å². The van der Waals surface area contributed by atoms with Gasteiger partial charge in [0, 0.05) is 6.54 Å². The van der Waals surface area contributed by atoms with E-state index in [1.807, 2.05) is 0 Å². The molecule has 0 saturated heterocycles. The van der Waals surface area contributed by atoms with E-state index in [0.29, 0.717) is 16.9 Å². The van der Waals surface area contributed by atoms with Crippen molar-refractivity contribution in [3.05, 3.63) is 16.5 Å². The van der Waals surface area contributed by atoms with Gasteiger partial charge in [-0.25, -0.2) is 17.9 Å². The van der Waals surface area contributed by atoms with Crippen LogP contribution in [0.1, 0.15) is 21.7 Å². The van der Waals surface area contributed by atoms with Crippen LogP contribution in [0.25, 0.3) is 0 Å². The maximum Gasteiger partial charge on any atom is 0.346 e. The summed E-state index contributed by atoms with van der Waals surface area (Å²) in [5.41, 5.74) is 0.380. The average molecular weight is 307 g/mol. The summed E-state index contributed by atoms with van der Waals surface area (Å²) in [6.45, 7) is 1.42. The molecule has 1 aromatic rings. The van der Waals surface area contributed by atoms with Gasteiger partial charge in [0.25, 0.3) is 0 Å². The number of carbonyl (C=O) groups excluding carboxylic acids is 1. The van der Waals surface area contributed by atoms with Gasteiger partial charge in [0.1, 0.15) is 9.09 Å². The molecule has 0 aliphatic heterocycles. The third-order valence-corrected chi connectivity index (χ3v) is 5.36. The molecule has 0 saturated carbocycles. The molecule has 106 valence electrons. The third-order valence-electron chi connectivity index (χ3n) is 2.20. The van der Waals surface area contributed by atoms with Crippen molar-refractivity contribution in [2.45, 2.75) is 17.6 Å². The van der Waals surface area contributed by atoms with E-state index in [1.54, 1.807) is 0 Å². The molecule has 1 aromatic heterocycles. The Kier molecular flexibility index (Phi) is 5.04. The first-order valence-corrected chi connectivity index (χ1v) is 7.48. The summed E-state index contributed by atoms with van der Waals surface area (Å²) in [5.74, 6) is -1.70. The molecule has 0 fully saturated rings. The molecule has 2 N–H and O–H groups in total. The van der Waals surface area contributed by atoms with Gasteiger partial charge in [-0.15, -0.1) is 11.3 Å². The molecule has 1 rings (SSSR count). The molecule has 0 aliphatic rings. The summed E-state index contributed by atoms with van der Waals surface area (Å²) < 4.78 is 30.2. The third kappa shape index (κ3) is 4.01. The molecule has 0 radical (unpaired) electrons. The number of ether oxygens (including phenoxy) is 1. The fourth-order valence-electron chi connectivity index (χ4n) is 1.26. The summed E-state index contributed by atoms with van der Waals surface area (Å²) >= 11 is 0.673. The fraction of sp³-hybridized carbons (Fsp3) is 0.400. The number of carbonyl (C=O) groups is 2. The minimum absolute atomic E-state index is 0.0201. The highest BCUT2D eigenvalue weighted by Gasteiger charge is 2.21. The zero-order chi connectivity index (χ0) is 14.6. The quantitative estimate of drug-likeness (QED) is 0.745. The zero-order valence-corrected chi connectivity index (χ0v) is 11.9. The van der Waals surface area contributed by atoms with Crippen LogP contribution in [0.15, 0.2) is 10.3 Å². The molecule has 0 atom stereocenters. The minimum atomic E-state index is -3.80. The largest absolute Gasteiger partial charge is 0.477 e. The van der Waals surface area contributed by atoms with Crippen LogP contribution in [-0.4, -0.2) is 39.1 Å². The number of hydrogen-bond donors (Lipinski definition) is 2. The average Bonchev–Trinajstić information content (AvgIpc) is 2.71. The Balaban J connectivity index is 2.80. The number of esters is 1. The first kappa shape index (κ1) is 15.6. The second-order valence-electron chi connectivity index (χ2n) is 3.61. The van der Waals surface area contributed by atoms with Gasteiger partial charge in [0.15, 0.2) is 0 Å². The van der Waals surface area contributed by atoms with E-state index in [4.69, 9.17) is 5.11 Å². The fourth-order valence-corrected chi connectivity index (χ4v) is 3.71. The molecule has 0 amide bonds. The van der Waals surface area contributed by atoms with Crippen molar-refractivity contribution in [2.75, 3.05) is 13.7 Å². The number of aromatic carboxylic acids is 1.